The molecule has 86 valence electrons. The van der Waals surface area contributed by atoms with Gasteiger partial charge in [0.2, 0.25) is 0 Å². The van der Waals surface area contributed by atoms with Crippen molar-refractivity contribution >= 4 is 34.5 Å². The van der Waals surface area contributed by atoms with Crippen LogP contribution in [0, 0.1) is 3.57 Å². The summed E-state index contributed by atoms with van der Waals surface area (Å²) in [4.78, 5) is 26.0. The number of nitrogens with zero attached hydrogens (tertiary/aromatic N) is 1. The number of esters is 2. The fourth-order valence-corrected chi connectivity index (χ4v) is 1.50. The van der Waals surface area contributed by atoms with Crippen LogP contribution in [0.4, 0.5) is 0 Å². The average molecular weight is 335 g/mol. The Morgan fingerprint density at radius 2 is 2.12 bits per heavy atom. The van der Waals surface area contributed by atoms with Gasteiger partial charge in [0.25, 0.3) is 0 Å². The molecule has 1 heterocycles. The summed E-state index contributed by atoms with van der Waals surface area (Å²) in [6.45, 7) is 1.37. The van der Waals surface area contributed by atoms with E-state index in [4.69, 9.17) is 4.74 Å². The third-order valence-corrected chi connectivity index (χ3v) is 2.58. The quantitative estimate of drug-likeness (QED) is 0.619. The topological polar surface area (TPSA) is 65.5 Å². The van der Waals surface area contributed by atoms with Crippen molar-refractivity contribution in [3.8, 4) is 0 Å². The molecule has 0 aliphatic rings. The van der Waals surface area contributed by atoms with Gasteiger partial charge in [0.05, 0.1) is 12.8 Å². The van der Waals surface area contributed by atoms with Crippen LogP contribution < -0.4 is 0 Å². The summed E-state index contributed by atoms with van der Waals surface area (Å²) >= 11 is 1.99. The molecule has 1 aromatic heterocycles. The standard InChI is InChI=1S/C10H10INO4/c1-6(13)16-5-7-3-4-8(11)9(12-7)10(14)15-2/h3-4H,5H2,1-2H3. The average Bonchev–Trinajstić information content (AvgIpc) is 2.27. The lowest BCUT2D eigenvalue weighted by atomic mass is 10.3. The number of rotatable bonds is 3. The lowest BCUT2D eigenvalue weighted by Crippen LogP contribution is -2.10. The SMILES string of the molecule is COC(=O)c1nc(COC(C)=O)ccc1I. The Morgan fingerprint density at radius 1 is 1.44 bits per heavy atom. The molecular weight excluding hydrogens is 325 g/mol. The highest BCUT2D eigenvalue weighted by atomic mass is 127. The summed E-state index contributed by atoms with van der Waals surface area (Å²) in [6.07, 6.45) is 0. The Balaban J connectivity index is 2.89. The van der Waals surface area contributed by atoms with Crippen LogP contribution in [0.15, 0.2) is 12.1 Å². The van der Waals surface area contributed by atoms with E-state index in [-0.39, 0.29) is 18.3 Å². The van der Waals surface area contributed by atoms with Gasteiger partial charge in [0.15, 0.2) is 5.69 Å². The zero-order valence-electron chi connectivity index (χ0n) is 8.82. The van der Waals surface area contributed by atoms with Crippen LogP contribution in [0.25, 0.3) is 0 Å². The van der Waals surface area contributed by atoms with Gasteiger partial charge in [-0.25, -0.2) is 9.78 Å². The van der Waals surface area contributed by atoms with Crippen LogP contribution in [0.2, 0.25) is 0 Å². The predicted molar refractivity (Wildman–Crippen MR) is 63.8 cm³/mol. The molecule has 6 heteroatoms. The lowest BCUT2D eigenvalue weighted by Gasteiger charge is -2.05. The molecule has 1 aromatic rings. The molecule has 0 radical (unpaired) electrons. The Bertz CT molecular complexity index is 419. The van der Waals surface area contributed by atoms with E-state index in [1.165, 1.54) is 14.0 Å². The second-order valence-corrected chi connectivity index (χ2v) is 4.07. The lowest BCUT2D eigenvalue weighted by molar-refractivity contribution is -0.142. The number of methoxy groups -OCH3 is 1. The highest BCUT2D eigenvalue weighted by Crippen LogP contribution is 2.12. The van der Waals surface area contributed by atoms with Gasteiger partial charge in [-0.2, -0.15) is 0 Å². The van der Waals surface area contributed by atoms with Crippen molar-refractivity contribution in [2.45, 2.75) is 13.5 Å². The number of hydrogen-bond donors (Lipinski definition) is 0. The molecule has 0 saturated heterocycles. The molecule has 0 N–H and O–H groups in total. The van der Waals surface area contributed by atoms with E-state index in [1.54, 1.807) is 12.1 Å². The van der Waals surface area contributed by atoms with Crippen molar-refractivity contribution in [1.82, 2.24) is 4.98 Å². The predicted octanol–water partition coefficient (Wildman–Crippen LogP) is 1.54. The number of carbonyl (C=O) groups is 2. The Hall–Kier alpha value is -1.18. The zero-order chi connectivity index (χ0) is 12.1. The summed E-state index contributed by atoms with van der Waals surface area (Å²) in [5, 5.41) is 0. The fraction of sp³-hybridized carbons (Fsp3) is 0.300. The maximum absolute atomic E-state index is 11.3. The van der Waals surface area contributed by atoms with E-state index in [9.17, 15) is 9.59 Å². The van der Waals surface area contributed by atoms with Gasteiger partial charge in [-0.3, -0.25) is 4.79 Å². The minimum Gasteiger partial charge on any atom is -0.464 e. The molecular formula is C10H10INO4. The molecule has 1 rings (SSSR count). The normalized spacial score (nSPS) is 9.69. The van der Waals surface area contributed by atoms with Crippen LogP contribution in [0.5, 0.6) is 0 Å². The number of ether oxygens (including phenoxy) is 2. The number of aromatic nitrogens is 1. The Labute approximate surface area is 106 Å². The molecule has 0 fully saturated rings. The van der Waals surface area contributed by atoms with Crippen molar-refractivity contribution in [3.05, 3.63) is 27.1 Å². The maximum atomic E-state index is 11.3. The molecule has 0 aliphatic heterocycles. The molecule has 5 nitrogen and oxygen atoms in total. The van der Waals surface area contributed by atoms with Gasteiger partial charge < -0.3 is 9.47 Å². The maximum Gasteiger partial charge on any atom is 0.357 e. The number of carbonyl (C=O) groups excluding carboxylic acids is 2. The molecule has 0 amide bonds. The zero-order valence-corrected chi connectivity index (χ0v) is 11.0. The van der Waals surface area contributed by atoms with E-state index >= 15 is 0 Å². The third kappa shape index (κ3) is 3.44. The van der Waals surface area contributed by atoms with Crippen LogP contribution in [0.1, 0.15) is 23.1 Å². The Kier molecular flexibility index (Phi) is 4.66. The van der Waals surface area contributed by atoms with E-state index in [1.807, 2.05) is 22.6 Å². The van der Waals surface area contributed by atoms with E-state index < -0.39 is 5.97 Å². The first-order chi connectivity index (χ1) is 7.54. The molecule has 0 aliphatic carbocycles. The molecule has 0 aromatic carbocycles. The van der Waals surface area contributed by atoms with E-state index in [2.05, 4.69) is 9.72 Å². The summed E-state index contributed by atoms with van der Waals surface area (Å²) in [6, 6.07) is 3.41. The van der Waals surface area contributed by atoms with Gasteiger partial charge in [-0.05, 0) is 34.7 Å². The highest BCUT2D eigenvalue weighted by Gasteiger charge is 2.13. The summed E-state index contributed by atoms with van der Waals surface area (Å²) in [5.41, 5.74) is 0.740. The summed E-state index contributed by atoms with van der Waals surface area (Å²) in [7, 11) is 1.29. The highest BCUT2D eigenvalue weighted by molar-refractivity contribution is 14.1. The number of halogens is 1. The van der Waals surface area contributed by atoms with Gasteiger partial charge in [0, 0.05) is 10.5 Å². The van der Waals surface area contributed by atoms with Gasteiger partial charge >= 0.3 is 11.9 Å². The number of hydrogen-bond acceptors (Lipinski definition) is 5. The van der Waals surface area contributed by atoms with Crippen molar-refractivity contribution in [1.29, 1.82) is 0 Å². The van der Waals surface area contributed by atoms with Crippen molar-refractivity contribution in [3.63, 3.8) is 0 Å². The van der Waals surface area contributed by atoms with E-state index in [0.717, 1.165) is 0 Å². The third-order valence-electron chi connectivity index (χ3n) is 1.71. The number of pyridine rings is 1. The van der Waals surface area contributed by atoms with Gasteiger partial charge in [0.1, 0.15) is 6.61 Å². The van der Waals surface area contributed by atoms with Crippen LogP contribution in [-0.2, 0) is 20.9 Å². The second-order valence-electron chi connectivity index (χ2n) is 2.90. The first-order valence-electron chi connectivity index (χ1n) is 4.41. The van der Waals surface area contributed by atoms with Crippen molar-refractivity contribution in [2.24, 2.45) is 0 Å². The van der Waals surface area contributed by atoms with Gasteiger partial charge in [-0.15, -0.1) is 0 Å². The van der Waals surface area contributed by atoms with Crippen molar-refractivity contribution in [2.75, 3.05) is 7.11 Å². The Morgan fingerprint density at radius 3 is 2.69 bits per heavy atom. The molecule has 0 atom stereocenters. The second kappa shape index (κ2) is 5.78. The minimum absolute atomic E-state index is 0.0518. The van der Waals surface area contributed by atoms with E-state index in [0.29, 0.717) is 9.26 Å². The monoisotopic (exact) mass is 335 g/mol. The molecule has 0 unspecified atom stereocenters. The van der Waals surface area contributed by atoms with Crippen LogP contribution >= 0.6 is 22.6 Å². The molecule has 16 heavy (non-hydrogen) atoms. The summed E-state index contributed by atoms with van der Waals surface area (Å²) in [5.74, 6) is -0.894. The molecule has 0 saturated carbocycles. The summed E-state index contributed by atoms with van der Waals surface area (Å²) < 4.78 is 10.1. The first-order valence-corrected chi connectivity index (χ1v) is 5.49. The first kappa shape index (κ1) is 12.9. The van der Waals surface area contributed by atoms with Gasteiger partial charge in [-0.1, -0.05) is 0 Å². The fourth-order valence-electron chi connectivity index (χ4n) is 0.978. The molecule has 0 bridgehead atoms. The largest absolute Gasteiger partial charge is 0.464 e. The molecule has 0 spiro atoms. The van der Waals surface area contributed by atoms with Crippen LogP contribution in [0.3, 0.4) is 0 Å². The smallest absolute Gasteiger partial charge is 0.357 e. The van der Waals surface area contributed by atoms with Crippen LogP contribution in [-0.4, -0.2) is 24.0 Å². The van der Waals surface area contributed by atoms with Crippen molar-refractivity contribution < 1.29 is 19.1 Å². The minimum atomic E-state index is -0.505.